The number of hydrogen-bond acceptors (Lipinski definition) is 3. The highest BCUT2D eigenvalue weighted by atomic mass is 16.3. The van der Waals surface area contributed by atoms with Gasteiger partial charge in [0.25, 0.3) is 0 Å². The molecule has 0 aliphatic heterocycles. The van der Waals surface area contributed by atoms with Crippen molar-refractivity contribution >= 4 is 0 Å². The van der Waals surface area contributed by atoms with Crippen molar-refractivity contribution in [2.75, 3.05) is 0 Å². The zero-order valence-corrected chi connectivity index (χ0v) is 12.6. The van der Waals surface area contributed by atoms with E-state index in [1.54, 1.807) is 24.3 Å². The summed E-state index contributed by atoms with van der Waals surface area (Å²) in [5.74, 6) is 0.486. The predicted octanol–water partition coefficient (Wildman–Crippen LogP) is 3.82. The zero-order valence-electron chi connectivity index (χ0n) is 12.6. The Morgan fingerprint density at radius 2 is 1.45 bits per heavy atom. The first-order valence-corrected chi connectivity index (χ1v) is 7.27. The molecule has 0 fully saturated rings. The molecule has 0 aliphatic rings. The van der Waals surface area contributed by atoms with Crippen LogP contribution in [0.5, 0.6) is 11.5 Å². The Bertz CT molecular complexity index is 787. The quantitative estimate of drug-likeness (QED) is 0.772. The minimum atomic E-state index is 0.240. The molecule has 0 spiro atoms. The molecule has 0 aliphatic carbocycles. The lowest BCUT2D eigenvalue weighted by Gasteiger charge is -2.06. The third-order valence-electron chi connectivity index (χ3n) is 3.81. The van der Waals surface area contributed by atoms with Crippen LogP contribution in [0.1, 0.15) is 18.2 Å². The van der Waals surface area contributed by atoms with Crippen LogP contribution in [0, 0.1) is 6.92 Å². The normalized spacial score (nSPS) is 10.8. The highest BCUT2D eigenvalue weighted by Crippen LogP contribution is 2.28. The molecule has 1 aromatic heterocycles. The summed E-state index contributed by atoms with van der Waals surface area (Å²) in [6.07, 6.45) is 0.859. The molecule has 3 aromatic rings. The second-order valence-corrected chi connectivity index (χ2v) is 5.25. The topological polar surface area (TPSA) is 58.3 Å². The van der Waals surface area contributed by atoms with Crippen molar-refractivity contribution in [1.29, 1.82) is 0 Å². The number of hydrogen-bond donors (Lipinski definition) is 2. The van der Waals surface area contributed by atoms with Gasteiger partial charge in [-0.15, -0.1) is 0 Å². The summed E-state index contributed by atoms with van der Waals surface area (Å²) >= 11 is 0. The second kappa shape index (κ2) is 5.56. The van der Waals surface area contributed by atoms with Crippen LogP contribution < -0.4 is 0 Å². The van der Waals surface area contributed by atoms with E-state index in [9.17, 15) is 10.2 Å². The van der Waals surface area contributed by atoms with Gasteiger partial charge in [0.1, 0.15) is 11.5 Å². The molecule has 0 unspecified atom stereocenters. The van der Waals surface area contributed by atoms with Gasteiger partial charge in [-0.2, -0.15) is 5.10 Å². The van der Waals surface area contributed by atoms with Gasteiger partial charge in [-0.05, 0) is 67.4 Å². The van der Waals surface area contributed by atoms with Crippen LogP contribution in [0.4, 0.5) is 0 Å². The third-order valence-corrected chi connectivity index (χ3v) is 3.81. The molecule has 2 aromatic carbocycles. The molecule has 0 radical (unpaired) electrons. The molecule has 4 nitrogen and oxygen atoms in total. The van der Waals surface area contributed by atoms with E-state index in [2.05, 4.69) is 13.8 Å². The van der Waals surface area contributed by atoms with E-state index in [1.165, 1.54) is 0 Å². The van der Waals surface area contributed by atoms with E-state index in [0.717, 1.165) is 34.6 Å². The summed E-state index contributed by atoms with van der Waals surface area (Å²) in [7, 11) is 0. The fraction of sp³-hybridized carbons (Fsp3) is 0.167. The number of aromatic hydroxyl groups is 2. The summed E-state index contributed by atoms with van der Waals surface area (Å²) in [5, 5.41) is 23.6. The number of benzene rings is 2. The van der Waals surface area contributed by atoms with E-state index in [-0.39, 0.29) is 11.5 Å². The Morgan fingerprint density at radius 1 is 0.909 bits per heavy atom. The SMILES string of the molecule is CCc1c(C)c(-c2ccc(O)cc2)nn1-c1ccc(O)cc1. The maximum atomic E-state index is 9.44. The van der Waals surface area contributed by atoms with Gasteiger partial charge in [-0.25, -0.2) is 4.68 Å². The first kappa shape index (κ1) is 14.2. The van der Waals surface area contributed by atoms with Gasteiger partial charge in [0.05, 0.1) is 11.4 Å². The molecule has 0 bridgehead atoms. The van der Waals surface area contributed by atoms with Crippen LogP contribution in [0.2, 0.25) is 0 Å². The van der Waals surface area contributed by atoms with Crippen molar-refractivity contribution in [3.8, 4) is 28.4 Å². The fourth-order valence-electron chi connectivity index (χ4n) is 2.65. The van der Waals surface area contributed by atoms with Crippen molar-refractivity contribution in [3.05, 3.63) is 59.8 Å². The third kappa shape index (κ3) is 2.44. The average molecular weight is 294 g/mol. The van der Waals surface area contributed by atoms with Crippen LogP contribution in [0.25, 0.3) is 16.9 Å². The van der Waals surface area contributed by atoms with E-state index in [1.807, 2.05) is 28.9 Å². The standard InChI is InChI=1S/C18H18N2O2/c1-3-17-12(2)18(13-4-8-15(21)9-5-13)19-20(17)14-6-10-16(22)11-7-14/h4-11,21-22H,3H2,1-2H3. The van der Waals surface area contributed by atoms with E-state index in [0.29, 0.717) is 0 Å². The monoisotopic (exact) mass is 294 g/mol. The Labute approximate surface area is 129 Å². The Balaban J connectivity index is 2.14. The minimum Gasteiger partial charge on any atom is -0.508 e. The summed E-state index contributed by atoms with van der Waals surface area (Å²) < 4.78 is 1.91. The maximum Gasteiger partial charge on any atom is 0.115 e. The lowest BCUT2D eigenvalue weighted by atomic mass is 10.1. The van der Waals surface area contributed by atoms with Crippen LogP contribution in [0.3, 0.4) is 0 Å². The lowest BCUT2D eigenvalue weighted by Crippen LogP contribution is -2.01. The van der Waals surface area contributed by atoms with Crippen molar-refractivity contribution < 1.29 is 10.2 Å². The molecular formula is C18H18N2O2. The first-order valence-electron chi connectivity index (χ1n) is 7.27. The van der Waals surface area contributed by atoms with Gasteiger partial charge in [0.2, 0.25) is 0 Å². The van der Waals surface area contributed by atoms with Gasteiger partial charge in [0.15, 0.2) is 0 Å². The van der Waals surface area contributed by atoms with Crippen LogP contribution in [-0.2, 0) is 6.42 Å². The van der Waals surface area contributed by atoms with Gasteiger partial charge in [-0.1, -0.05) is 6.92 Å². The van der Waals surface area contributed by atoms with E-state index in [4.69, 9.17) is 5.10 Å². The molecule has 0 saturated carbocycles. The smallest absolute Gasteiger partial charge is 0.115 e. The number of phenols is 2. The second-order valence-electron chi connectivity index (χ2n) is 5.25. The van der Waals surface area contributed by atoms with Crippen molar-refractivity contribution in [2.24, 2.45) is 0 Å². The molecule has 1 heterocycles. The predicted molar refractivity (Wildman–Crippen MR) is 86.4 cm³/mol. The molecule has 22 heavy (non-hydrogen) atoms. The van der Waals surface area contributed by atoms with Crippen LogP contribution in [-0.4, -0.2) is 20.0 Å². The number of phenolic OH excluding ortho intramolecular Hbond substituents is 2. The van der Waals surface area contributed by atoms with Crippen LogP contribution in [0.15, 0.2) is 48.5 Å². The molecular weight excluding hydrogens is 276 g/mol. The first-order chi connectivity index (χ1) is 10.6. The number of aromatic nitrogens is 2. The molecule has 0 amide bonds. The largest absolute Gasteiger partial charge is 0.508 e. The Kier molecular flexibility index (Phi) is 3.59. The Morgan fingerprint density at radius 3 is 2.00 bits per heavy atom. The molecule has 112 valence electrons. The van der Waals surface area contributed by atoms with Crippen molar-refractivity contribution in [3.63, 3.8) is 0 Å². The lowest BCUT2D eigenvalue weighted by molar-refractivity contribution is 0.474. The number of rotatable bonds is 3. The van der Waals surface area contributed by atoms with Gasteiger partial charge in [-0.3, -0.25) is 0 Å². The van der Waals surface area contributed by atoms with E-state index < -0.39 is 0 Å². The Hall–Kier alpha value is -2.75. The summed E-state index contributed by atoms with van der Waals surface area (Å²) in [6, 6.07) is 14.1. The van der Waals surface area contributed by atoms with Crippen LogP contribution >= 0.6 is 0 Å². The molecule has 4 heteroatoms. The highest BCUT2D eigenvalue weighted by Gasteiger charge is 2.15. The van der Waals surface area contributed by atoms with Gasteiger partial charge in [0, 0.05) is 11.3 Å². The van der Waals surface area contributed by atoms with Crippen molar-refractivity contribution in [1.82, 2.24) is 9.78 Å². The van der Waals surface area contributed by atoms with Gasteiger partial charge >= 0.3 is 0 Å². The van der Waals surface area contributed by atoms with Crippen molar-refractivity contribution in [2.45, 2.75) is 20.3 Å². The maximum absolute atomic E-state index is 9.44. The number of nitrogens with zero attached hydrogens (tertiary/aromatic N) is 2. The zero-order chi connectivity index (χ0) is 15.7. The highest BCUT2D eigenvalue weighted by molar-refractivity contribution is 5.65. The average Bonchev–Trinajstić information content (AvgIpc) is 2.85. The molecule has 0 atom stereocenters. The van der Waals surface area contributed by atoms with E-state index >= 15 is 0 Å². The fourth-order valence-corrected chi connectivity index (χ4v) is 2.65. The summed E-state index contributed by atoms with van der Waals surface area (Å²) in [6.45, 7) is 4.16. The molecule has 2 N–H and O–H groups in total. The van der Waals surface area contributed by atoms with Gasteiger partial charge < -0.3 is 10.2 Å². The summed E-state index contributed by atoms with van der Waals surface area (Å²) in [5.41, 5.74) is 5.06. The summed E-state index contributed by atoms with van der Waals surface area (Å²) in [4.78, 5) is 0. The minimum absolute atomic E-state index is 0.240. The molecule has 0 saturated heterocycles. The molecule has 3 rings (SSSR count).